The van der Waals surface area contributed by atoms with Gasteiger partial charge in [-0.1, -0.05) is 17.7 Å². The molecule has 0 aliphatic heterocycles. The molecule has 1 atom stereocenters. The zero-order valence-corrected chi connectivity index (χ0v) is 12.0. The predicted octanol–water partition coefficient (Wildman–Crippen LogP) is 3.58. The molecule has 0 radical (unpaired) electrons. The van der Waals surface area contributed by atoms with E-state index >= 15 is 0 Å². The fraction of sp³-hybridized carbons (Fsp3) is 0.538. The van der Waals surface area contributed by atoms with Gasteiger partial charge in [0.25, 0.3) is 0 Å². The van der Waals surface area contributed by atoms with Gasteiger partial charge in [-0.15, -0.1) is 0 Å². The molecule has 114 valence electrons. The number of benzene rings is 1. The van der Waals surface area contributed by atoms with Gasteiger partial charge in [0.1, 0.15) is 19.0 Å². The Morgan fingerprint density at radius 2 is 2.00 bits per heavy atom. The summed E-state index contributed by atoms with van der Waals surface area (Å²) in [5.74, 6) is 0.425. The minimum atomic E-state index is -4.32. The monoisotopic (exact) mass is 311 g/mol. The van der Waals surface area contributed by atoms with Crippen molar-refractivity contribution in [1.29, 1.82) is 0 Å². The van der Waals surface area contributed by atoms with Crippen molar-refractivity contribution in [2.24, 2.45) is 0 Å². The first-order chi connectivity index (χ1) is 9.33. The Hall–Kier alpha value is -0.980. The third-order valence-electron chi connectivity index (χ3n) is 2.64. The minimum Gasteiger partial charge on any atom is -0.490 e. The highest BCUT2D eigenvalue weighted by Crippen LogP contribution is 2.27. The fourth-order valence-electron chi connectivity index (χ4n) is 1.47. The molecule has 1 aromatic rings. The Balaban J connectivity index is 2.41. The second-order valence-electron chi connectivity index (χ2n) is 4.22. The van der Waals surface area contributed by atoms with E-state index in [-0.39, 0.29) is 19.3 Å². The predicted molar refractivity (Wildman–Crippen MR) is 71.3 cm³/mol. The standard InChI is InChI=1S/C13H17ClF3NO2/c1-9(18-2)10-3-4-12(11(14)7-10)20-6-5-19-8-13(15,16)17/h3-4,7,9,18H,5-6,8H2,1-2H3. The van der Waals surface area contributed by atoms with Gasteiger partial charge in [-0.2, -0.15) is 13.2 Å². The van der Waals surface area contributed by atoms with Crippen LogP contribution in [0.4, 0.5) is 13.2 Å². The molecule has 3 nitrogen and oxygen atoms in total. The summed E-state index contributed by atoms with van der Waals surface area (Å²) in [6, 6.07) is 5.44. The lowest BCUT2D eigenvalue weighted by molar-refractivity contribution is -0.175. The van der Waals surface area contributed by atoms with E-state index in [2.05, 4.69) is 10.1 Å². The molecule has 20 heavy (non-hydrogen) atoms. The van der Waals surface area contributed by atoms with Crippen molar-refractivity contribution in [2.45, 2.75) is 19.1 Å². The summed E-state index contributed by atoms with van der Waals surface area (Å²) in [4.78, 5) is 0. The average molecular weight is 312 g/mol. The molecule has 0 saturated heterocycles. The first kappa shape index (κ1) is 17.1. The molecule has 0 saturated carbocycles. The molecule has 0 fully saturated rings. The van der Waals surface area contributed by atoms with E-state index in [1.807, 2.05) is 20.0 Å². The number of alkyl halides is 3. The van der Waals surface area contributed by atoms with Crippen LogP contribution in [-0.4, -0.2) is 33.0 Å². The summed E-state index contributed by atoms with van der Waals surface area (Å²) in [5, 5.41) is 3.49. The fourth-order valence-corrected chi connectivity index (χ4v) is 1.71. The molecule has 0 bridgehead atoms. The highest BCUT2D eigenvalue weighted by Gasteiger charge is 2.27. The lowest BCUT2D eigenvalue weighted by atomic mass is 10.1. The van der Waals surface area contributed by atoms with E-state index in [0.29, 0.717) is 10.8 Å². The van der Waals surface area contributed by atoms with Crippen LogP contribution in [0.3, 0.4) is 0 Å². The van der Waals surface area contributed by atoms with Crippen LogP contribution in [0, 0.1) is 0 Å². The van der Waals surface area contributed by atoms with Crippen LogP contribution < -0.4 is 10.1 Å². The van der Waals surface area contributed by atoms with E-state index in [0.717, 1.165) is 5.56 Å². The second-order valence-corrected chi connectivity index (χ2v) is 4.62. The first-order valence-electron chi connectivity index (χ1n) is 6.07. The van der Waals surface area contributed by atoms with Crippen molar-refractivity contribution in [3.63, 3.8) is 0 Å². The summed E-state index contributed by atoms with van der Waals surface area (Å²) in [6.45, 7) is 0.571. The average Bonchev–Trinajstić information content (AvgIpc) is 2.37. The minimum absolute atomic E-state index is 0.0106. The quantitative estimate of drug-likeness (QED) is 0.781. The lowest BCUT2D eigenvalue weighted by Crippen LogP contribution is -2.19. The third-order valence-corrected chi connectivity index (χ3v) is 2.94. The zero-order chi connectivity index (χ0) is 15.2. The molecule has 1 unspecified atom stereocenters. The summed E-state index contributed by atoms with van der Waals surface area (Å²) in [6.07, 6.45) is -4.32. The summed E-state index contributed by atoms with van der Waals surface area (Å²) >= 11 is 6.04. The smallest absolute Gasteiger partial charge is 0.411 e. The van der Waals surface area contributed by atoms with E-state index in [1.165, 1.54) is 0 Å². The SMILES string of the molecule is CNC(C)c1ccc(OCCOCC(F)(F)F)c(Cl)c1. The van der Waals surface area contributed by atoms with Crippen molar-refractivity contribution in [3.8, 4) is 5.75 Å². The van der Waals surface area contributed by atoms with Gasteiger partial charge in [0.15, 0.2) is 0 Å². The van der Waals surface area contributed by atoms with E-state index < -0.39 is 12.8 Å². The number of hydrogen-bond donors (Lipinski definition) is 1. The van der Waals surface area contributed by atoms with Gasteiger partial charge in [0.05, 0.1) is 11.6 Å². The molecule has 0 heterocycles. The molecule has 1 aromatic carbocycles. The molecule has 7 heteroatoms. The Bertz CT molecular complexity index is 427. The van der Waals surface area contributed by atoms with Crippen LogP contribution in [0.5, 0.6) is 5.75 Å². The molecule has 0 spiro atoms. The van der Waals surface area contributed by atoms with E-state index in [1.54, 1.807) is 12.1 Å². The van der Waals surface area contributed by atoms with E-state index in [4.69, 9.17) is 16.3 Å². The molecule has 0 aliphatic carbocycles. The van der Waals surface area contributed by atoms with Gasteiger partial charge in [0, 0.05) is 6.04 Å². The zero-order valence-electron chi connectivity index (χ0n) is 11.3. The maximum absolute atomic E-state index is 11.8. The molecular weight excluding hydrogens is 295 g/mol. The van der Waals surface area contributed by atoms with Crippen LogP contribution in [0.2, 0.25) is 5.02 Å². The molecule has 0 amide bonds. The van der Waals surface area contributed by atoms with Crippen molar-refractivity contribution in [1.82, 2.24) is 5.32 Å². The van der Waals surface area contributed by atoms with Crippen LogP contribution in [0.25, 0.3) is 0 Å². The normalized spacial score (nSPS) is 13.3. The van der Waals surface area contributed by atoms with Gasteiger partial charge >= 0.3 is 6.18 Å². The molecule has 1 N–H and O–H groups in total. The van der Waals surface area contributed by atoms with Gasteiger partial charge < -0.3 is 14.8 Å². The van der Waals surface area contributed by atoms with E-state index in [9.17, 15) is 13.2 Å². The van der Waals surface area contributed by atoms with Crippen molar-refractivity contribution in [3.05, 3.63) is 28.8 Å². The topological polar surface area (TPSA) is 30.5 Å². The van der Waals surface area contributed by atoms with Crippen molar-refractivity contribution in [2.75, 3.05) is 26.9 Å². The highest BCUT2D eigenvalue weighted by atomic mass is 35.5. The van der Waals surface area contributed by atoms with Crippen molar-refractivity contribution >= 4 is 11.6 Å². The molecule has 0 aliphatic rings. The number of halogens is 4. The van der Waals surface area contributed by atoms with Crippen LogP contribution in [-0.2, 0) is 4.74 Å². The van der Waals surface area contributed by atoms with Crippen LogP contribution >= 0.6 is 11.6 Å². The summed E-state index contributed by atoms with van der Waals surface area (Å²) in [5.41, 5.74) is 0.998. The van der Waals surface area contributed by atoms with Gasteiger partial charge in [-0.05, 0) is 31.7 Å². The van der Waals surface area contributed by atoms with Gasteiger partial charge in [-0.3, -0.25) is 0 Å². The number of hydrogen-bond acceptors (Lipinski definition) is 3. The number of nitrogens with one attached hydrogen (secondary N) is 1. The molecule has 1 rings (SSSR count). The largest absolute Gasteiger partial charge is 0.490 e. The van der Waals surface area contributed by atoms with Gasteiger partial charge in [-0.25, -0.2) is 0 Å². The van der Waals surface area contributed by atoms with Crippen molar-refractivity contribution < 1.29 is 22.6 Å². The molecule has 0 aromatic heterocycles. The number of rotatable bonds is 7. The first-order valence-corrected chi connectivity index (χ1v) is 6.45. The maximum atomic E-state index is 11.8. The molecular formula is C13H17ClF3NO2. The second kappa shape index (κ2) is 7.71. The summed E-state index contributed by atoms with van der Waals surface area (Å²) < 4.78 is 45.2. The third kappa shape index (κ3) is 5.98. The van der Waals surface area contributed by atoms with Crippen LogP contribution in [0.1, 0.15) is 18.5 Å². The Morgan fingerprint density at radius 3 is 2.55 bits per heavy atom. The van der Waals surface area contributed by atoms with Crippen LogP contribution in [0.15, 0.2) is 18.2 Å². The maximum Gasteiger partial charge on any atom is 0.411 e. The number of ether oxygens (including phenoxy) is 2. The Morgan fingerprint density at radius 1 is 1.30 bits per heavy atom. The lowest BCUT2D eigenvalue weighted by Gasteiger charge is -2.14. The Labute approximate surface area is 121 Å². The highest BCUT2D eigenvalue weighted by molar-refractivity contribution is 6.32. The van der Waals surface area contributed by atoms with Gasteiger partial charge in [0.2, 0.25) is 0 Å². The summed E-state index contributed by atoms with van der Waals surface area (Å²) in [7, 11) is 1.83. The Kier molecular flexibility index (Phi) is 6.58.